The van der Waals surface area contributed by atoms with Crippen molar-refractivity contribution in [3.8, 4) is 0 Å². The molecular formula is C24H55N3O3Si. The fourth-order valence-electron chi connectivity index (χ4n) is 4.16. The van der Waals surface area contributed by atoms with Gasteiger partial charge in [0.2, 0.25) is 0 Å². The molecule has 0 aliphatic heterocycles. The van der Waals surface area contributed by atoms with Gasteiger partial charge in [-0.2, -0.15) is 0 Å². The van der Waals surface area contributed by atoms with Crippen LogP contribution in [-0.4, -0.2) is 102 Å². The summed E-state index contributed by atoms with van der Waals surface area (Å²) in [7, 11) is -2.58. The lowest BCUT2D eigenvalue weighted by Crippen LogP contribution is -2.48. The second-order valence-corrected chi connectivity index (χ2v) is 10.9. The number of nitrogens with zero attached hydrogens (tertiary/aromatic N) is 3. The van der Waals surface area contributed by atoms with Crippen molar-refractivity contribution >= 4 is 8.80 Å². The summed E-state index contributed by atoms with van der Waals surface area (Å²) in [6.45, 7) is 27.5. The molecule has 0 fully saturated rings. The number of hydrogen-bond acceptors (Lipinski definition) is 6. The first kappa shape index (κ1) is 31.0. The van der Waals surface area contributed by atoms with Crippen LogP contribution in [0.4, 0.5) is 0 Å². The highest BCUT2D eigenvalue weighted by Crippen LogP contribution is 2.17. The summed E-state index contributed by atoms with van der Waals surface area (Å²) in [6.07, 6.45) is 4.89. The topological polar surface area (TPSA) is 37.4 Å². The highest BCUT2D eigenvalue weighted by atomic mass is 28.4. The molecule has 0 N–H and O–H groups in total. The molecule has 188 valence electrons. The normalized spacial score (nSPS) is 12.6. The van der Waals surface area contributed by atoms with E-state index in [0.717, 1.165) is 38.8 Å². The van der Waals surface area contributed by atoms with Gasteiger partial charge in [-0.1, -0.05) is 27.7 Å². The fourth-order valence-corrected chi connectivity index (χ4v) is 6.75. The molecule has 0 bridgehead atoms. The molecular weight excluding hydrogens is 406 g/mol. The molecule has 0 unspecified atom stereocenters. The maximum Gasteiger partial charge on any atom is 0.502 e. The molecule has 0 rings (SSSR count). The van der Waals surface area contributed by atoms with E-state index in [1.54, 1.807) is 0 Å². The quantitative estimate of drug-likeness (QED) is 0.207. The molecule has 0 radical (unpaired) electrons. The standard InChI is InChI=1S/C24H55N3O3Si/c1-8-17-25(10-3)19-15-21-27(22-16-20-26(11-4)18-9-2)23-24-31(28-12-5,29-13-6)30-14-7/h8-24H2,1-7H3. The Hall–Kier alpha value is -0.0231. The zero-order chi connectivity index (χ0) is 23.4. The molecule has 0 atom stereocenters. The zero-order valence-corrected chi connectivity index (χ0v) is 23.1. The summed E-state index contributed by atoms with van der Waals surface area (Å²) < 4.78 is 18.3. The van der Waals surface area contributed by atoms with Crippen LogP contribution < -0.4 is 0 Å². The molecule has 0 amide bonds. The molecule has 7 heteroatoms. The van der Waals surface area contributed by atoms with Gasteiger partial charge in [0.25, 0.3) is 0 Å². The minimum atomic E-state index is -2.58. The van der Waals surface area contributed by atoms with E-state index in [4.69, 9.17) is 13.3 Å². The van der Waals surface area contributed by atoms with Gasteiger partial charge in [-0.15, -0.1) is 0 Å². The molecule has 0 saturated carbocycles. The van der Waals surface area contributed by atoms with Crippen molar-refractivity contribution in [2.24, 2.45) is 0 Å². The smallest absolute Gasteiger partial charge is 0.374 e. The van der Waals surface area contributed by atoms with Crippen LogP contribution >= 0.6 is 0 Å². The molecule has 0 saturated heterocycles. The molecule has 0 aromatic carbocycles. The Morgan fingerprint density at radius 1 is 0.484 bits per heavy atom. The van der Waals surface area contributed by atoms with Gasteiger partial charge < -0.3 is 28.0 Å². The van der Waals surface area contributed by atoms with Crippen LogP contribution in [0.1, 0.15) is 74.1 Å². The third-order valence-corrected chi connectivity index (χ3v) is 8.72. The molecule has 0 aromatic heterocycles. The number of rotatable bonds is 23. The zero-order valence-electron chi connectivity index (χ0n) is 22.1. The number of hydrogen-bond donors (Lipinski definition) is 0. The van der Waals surface area contributed by atoms with Crippen molar-refractivity contribution in [1.82, 2.24) is 14.7 Å². The lowest BCUT2D eigenvalue weighted by atomic mass is 10.3. The summed E-state index contributed by atoms with van der Waals surface area (Å²) in [5.41, 5.74) is 0. The van der Waals surface area contributed by atoms with E-state index in [0.29, 0.717) is 19.8 Å². The molecule has 6 nitrogen and oxygen atoms in total. The third-order valence-electron chi connectivity index (χ3n) is 5.70. The van der Waals surface area contributed by atoms with Gasteiger partial charge in [0, 0.05) is 32.4 Å². The van der Waals surface area contributed by atoms with E-state index in [9.17, 15) is 0 Å². The van der Waals surface area contributed by atoms with Gasteiger partial charge in [0.15, 0.2) is 0 Å². The predicted molar refractivity (Wildman–Crippen MR) is 136 cm³/mol. The average molecular weight is 462 g/mol. The monoisotopic (exact) mass is 461 g/mol. The van der Waals surface area contributed by atoms with Crippen molar-refractivity contribution in [2.45, 2.75) is 80.2 Å². The van der Waals surface area contributed by atoms with Crippen molar-refractivity contribution in [3.63, 3.8) is 0 Å². The van der Waals surface area contributed by atoms with Crippen molar-refractivity contribution in [1.29, 1.82) is 0 Å². The van der Waals surface area contributed by atoms with Gasteiger partial charge in [0.05, 0.1) is 0 Å². The van der Waals surface area contributed by atoms with Gasteiger partial charge >= 0.3 is 8.80 Å². The minimum absolute atomic E-state index is 0.650. The van der Waals surface area contributed by atoms with Crippen molar-refractivity contribution in [2.75, 3.05) is 78.7 Å². The summed E-state index contributed by atoms with van der Waals surface area (Å²) in [4.78, 5) is 7.76. The molecule has 0 aliphatic carbocycles. The third kappa shape index (κ3) is 14.7. The maximum atomic E-state index is 6.10. The molecule has 0 aromatic rings. The van der Waals surface area contributed by atoms with Gasteiger partial charge in [0.1, 0.15) is 0 Å². The largest absolute Gasteiger partial charge is 0.502 e. The first-order valence-electron chi connectivity index (χ1n) is 13.1. The Morgan fingerprint density at radius 2 is 0.871 bits per heavy atom. The second kappa shape index (κ2) is 20.6. The highest BCUT2D eigenvalue weighted by molar-refractivity contribution is 6.60. The van der Waals surface area contributed by atoms with Gasteiger partial charge in [-0.3, -0.25) is 0 Å². The lowest BCUT2D eigenvalue weighted by Gasteiger charge is -2.32. The van der Waals surface area contributed by atoms with Crippen LogP contribution in [0.25, 0.3) is 0 Å². The Kier molecular flexibility index (Phi) is 20.6. The van der Waals surface area contributed by atoms with Gasteiger partial charge in [-0.25, -0.2) is 0 Å². The van der Waals surface area contributed by atoms with E-state index in [-0.39, 0.29) is 0 Å². The molecule has 0 spiro atoms. The molecule has 0 heterocycles. The van der Waals surface area contributed by atoms with Crippen molar-refractivity contribution in [3.05, 3.63) is 0 Å². The van der Waals surface area contributed by atoms with Crippen LogP contribution in [-0.2, 0) is 13.3 Å². The van der Waals surface area contributed by atoms with E-state index in [1.165, 1.54) is 51.9 Å². The first-order chi connectivity index (χ1) is 15.0. The first-order valence-corrected chi connectivity index (χ1v) is 15.1. The van der Waals surface area contributed by atoms with Crippen molar-refractivity contribution < 1.29 is 13.3 Å². The van der Waals surface area contributed by atoms with E-state index in [2.05, 4.69) is 42.4 Å². The van der Waals surface area contributed by atoms with Crippen LogP contribution in [0.2, 0.25) is 6.04 Å². The second-order valence-electron chi connectivity index (χ2n) is 8.15. The Bertz CT molecular complexity index is 354. The van der Waals surface area contributed by atoms with E-state index >= 15 is 0 Å². The van der Waals surface area contributed by atoms with Crippen LogP contribution in [0.15, 0.2) is 0 Å². The fraction of sp³-hybridized carbons (Fsp3) is 1.00. The van der Waals surface area contributed by atoms with E-state index < -0.39 is 8.80 Å². The molecule has 31 heavy (non-hydrogen) atoms. The SMILES string of the molecule is CCCN(CC)CCCN(CCCN(CC)CCC)CC[Si](OCC)(OCC)OCC. The van der Waals surface area contributed by atoms with Crippen LogP contribution in [0.3, 0.4) is 0 Å². The van der Waals surface area contributed by atoms with E-state index in [1.807, 2.05) is 20.8 Å². The predicted octanol–water partition coefficient (Wildman–Crippen LogP) is 4.58. The Balaban J connectivity index is 4.91. The highest BCUT2D eigenvalue weighted by Gasteiger charge is 2.40. The summed E-state index contributed by atoms with van der Waals surface area (Å²) in [5, 5.41) is 0. The van der Waals surface area contributed by atoms with Gasteiger partial charge in [-0.05, 0) is 98.8 Å². The maximum absolute atomic E-state index is 6.10. The summed E-state index contributed by atoms with van der Waals surface area (Å²) >= 11 is 0. The summed E-state index contributed by atoms with van der Waals surface area (Å²) in [5.74, 6) is 0. The van der Waals surface area contributed by atoms with Crippen LogP contribution in [0, 0.1) is 0 Å². The molecule has 0 aliphatic rings. The minimum Gasteiger partial charge on any atom is -0.374 e. The lowest BCUT2D eigenvalue weighted by molar-refractivity contribution is 0.0677. The Morgan fingerprint density at radius 3 is 1.19 bits per heavy atom. The average Bonchev–Trinajstić information content (AvgIpc) is 2.76. The Labute approximate surface area is 196 Å². The van der Waals surface area contributed by atoms with Crippen LogP contribution in [0.5, 0.6) is 0 Å². The summed E-state index contributed by atoms with van der Waals surface area (Å²) in [6, 6.07) is 0.876.